The Bertz CT molecular complexity index is 626. The molecular formula is C15H17N3O2. The number of hydrogen-bond acceptors (Lipinski definition) is 4. The summed E-state index contributed by atoms with van der Waals surface area (Å²) >= 11 is 0. The van der Waals surface area contributed by atoms with Crippen molar-refractivity contribution in [3.8, 4) is 5.75 Å². The number of nitrogens with one attached hydrogen (secondary N) is 1. The van der Waals surface area contributed by atoms with E-state index in [2.05, 4.69) is 10.3 Å². The van der Waals surface area contributed by atoms with Crippen LogP contribution in [0.25, 0.3) is 0 Å². The second-order valence-corrected chi connectivity index (χ2v) is 4.33. The van der Waals surface area contributed by atoms with E-state index in [1.54, 1.807) is 38.4 Å². The number of carbonyl (C=O) groups is 1. The smallest absolute Gasteiger partial charge is 0.257 e. The van der Waals surface area contributed by atoms with Crippen LogP contribution in [0.15, 0.2) is 36.5 Å². The van der Waals surface area contributed by atoms with Gasteiger partial charge in [0.2, 0.25) is 0 Å². The van der Waals surface area contributed by atoms with E-state index < -0.39 is 0 Å². The normalized spacial score (nSPS) is 10.2. The van der Waals surface area contributed by atoms with Gasteiger partial charge in [-0.3, -0.25) is 9.78 Å². The maximum absolute atomic E-state index is 12.2. The highest BCUT2D eigenvalue weighted by Crippen LogP contribution is 2.26. The number of aryl methyl sites for hydroxylation is 1. The number of hydrogen-bond donors (Lipinski definition) is 2. The fourth-order valence-corrected chi connectivity index (χ4v) is 1.88. The molecule has 2 rings (SSSR count). The van der Waals surface area contributed by atoms with Crippen LogP contribution >= 0.6 is 0 Å². The summed E-state index contributed by atoms with van der Waals surface area (Å²) in [5.74, 6) is 0.372. The number of amides is 1. The van der Waals surface area contributed by atoms with Crippen molar-refractivity contribution in [2.24, 2.45) is 5.73 Å². The Hall–Kier alpha value is -2.40. The lowest BCUT2D eigenvalue weighted by atomic mass is 10.1. The molecule has 3 N–H and O–H groups in total. The van der Waals surface area contributed by atoms with Gasteiger partial charge in [-0.05, 0) is 36.8 Å². The van der Waals surface area contributed by atoms with Crippen molar-refractivity contribution in [3.05, 3.63) is 53.3 Å². The summed E-state index contributed by atoms with van der Waals surface area (Å²) in [6.45, 7) is 2.22. The maximum Gasteiger partial charge on any atom is 0.257 e. The Labute approximate surface area is 117 Å². The van der Waals surface area contributed by atoms with Crippen LogP contribution in [0.2, 0.25) is 0 Å². The van der Waals surface area contributed by atoms with E-state index in [-0.39, 0.29) is 5.91 Å². The molecule has 0 saturated heterocycles. The highest BCUT2D eigenvalue weighted by Gasteiger charge is 2.12. The minimum atomic E-state index is -0.214. The average Bonchev–Trinajstić information content (AvgIpc) is 2.48. The van der Waals surface area contributed by atoms with Gasteiger partial charge < -0.3 is 15.8 Å². The number of nitrogens with two attached hydrogens (primary N) is 1. The molecule has 5 heteroatoms. The molecule has 20 heavy (non-hydrogen) atoms. The topological polar surface area (TPSA) is 77.2 Å². The van der Waals surface area contributed by atoms with Crippen LogP contribution in [0.4, 0.5) is 5.69 Å². The lowest BCUT2D eigenvalue weighted by Crippen LogP contribution is -2.14. The van der Waals surface area contributed by atoms with Crippen molar-refractivity contribution >= 4 is 11.6 Å². The second-order valence-electron chi connectivity index (χ2n) is 4.33. The van der Waals surface area contributed by atoms with E-state index in [9.17, 15) is 4.79 Å². The van der Waals surface area contributed by atoms with Crippen LogP contribution in [-0.4, -0.2) is 18.0 Å². The van der Waals surface area contributed by atoms with Crippen LogP contribution < -0.4 is 15.8 Å². The maximum atomic E-state index is 12.2. The molecular weight excluding hydrogens is 254 g/mol. The molecule has 0 saturated carbocycles. The second kappa shape index (κ2) is 6.16. The Morgan fingerprint density at radius 3 is 2.85 bits per heavy atom. The van der Waals surface area contributed by atoms with Crippen LogP contribution in [-0.2, 0) is 6.54 Å². The Morgan fingerprint density at radius 2 is 2.20 bits per heavy atom. The summed E-state index contributed by atoms with van der Waals surface area (Å²) in [6.07, 6.45) is 1.66. The van der Waals surface area contributed by atoms with Gasteiger partial charge in [0.05, 0.1) is 18.4 Å². The number of aromatic nitrogens is 1. The molecule has 0 unspecified atom stereocenters. The highest BCUT2D eigenvalue weighted by atomic mass is 16.5. The molecule has 0 aliphatic rings. The first kappa shape index (κ1) is 14.0. The van der Waals surface area contributed by atoms with E-state index in [1.807, 2.05) is 12.1 Å². The number of benzene rings is 1. The zero-order chi connectivity index (χ0) is 14.5. The number of pyridine rings is 1. The van der Waals surface area contributed by atoms with Crippen LogP contribution in [0.3, 0.4) is 0 Å². The number of rotatable bonds is 4. The van der Waals surface area contributed by atoms with Gasteiger partial charge in [-0.15, -0.1) is 0 Å². The van der Waals surface area contributed by atoms with Crippen LogP contribution in [0, 0.1) is 6.92 Å². The molecule has 0 spiro atoms. The van der Waals surface area contributed by atoms with Gasteiger partial charge in [0.25, 0.3) is 5.91 Å². The lowest BCUT2D eigenvalue weighted by molar-refractivity contribution is 0.102. The number of anilines is 1. The molecule has 0 bridgehead atoms. The number of ether oxygens (including phenoxy) is 1. The van der Waals surface area contributed by atoms with E-state index in [1.165, 1.54) is 0 Å². The monoisotopic (exact) mass is 271 g/mol. The zero-order valence-corrected chi connectivity index (χ0v) is 11.5. The number of carbonyl (C=O) groups excluding carboxylic acids is 1. The van der Waals surface area contributed by atoms with Crippen molar-refractivity contribution in [1.82, 2.24) is 4.98 Å². The molecule has 5 nitrogen and oxygen atoms in total. The predicted molar refractivity (Wildman–Crippen MR) is 77.8 cm³/mol. The summed E-state index contributed by atoms with van der Waals surface area (Å²) in [5, 5.41) is 2.83. The van der Waals surface area contributed by atoms with E-state index in [4.69, 9.17) is 10.5 Å². The molecule has 0 radical (unpaired) electrons. The molecule has 0 aliphatic heterocycles. The number of methoxy groups -OCH3 is 1. The van der Waals surface area contributed by atoms with Crippen molar-refractivity contribution in [2.75, 3.05) is 12.4 Å². The minimum Gasteiger partial charge on any atom is -0.495 e. The molecule has 1 aromatic heterocycles. The Kier molecular flexibility index (Phi) is 4.32. The summed E-state index contributed by atoms with van der Waals surface area (Å²) in [7, 11) is 1.56. The minimum absolute atomic E-state index is 0.214. The molecule has 0 fully saturated rings. The summed E-state index contributed by atoms with van der Waals surface area (Å²) in [4.78, 5) is 16.3. The summed E-state index contributed by atoms with van der Waals surface area (Å²) in [5.41, 5.74) is 8.36. The lowest BCUT2D eigenvalue weighted by Gasteiger charge is -2.12. The fraction of sp³-hybridized carbons (Fsp3) is 0.200. The average molecular weight is 271 g/mol. The van der Waals surface area contributed by atoms with Crippen molar-refractivity contribution in [3.63, 3.8) is 0 Å². The van der Waals surface area contributed by atoms with Gasteiger partial charge in [-0.2, -0.15) is 0 Å². The first-order chi connectivity index (χ1) is 9.65. The first-order valence-corrected chi connectivity index (χ1v) is 6.25. The highest BCUT2D eigenvalue weighted by molar-refractivity contribution is 6.05. The quantitative estimate of drug-likeness (QED) is 0.892. The van der Waals surface area contributed by atoms with Crippen molar-refractivity contribution in [2.45, 2.75) is 13.5 Å². The largest absolute Gasteiger partial charge is 0.495 e. The van der Waals surface area contributed by atoms with E-state index in [0.717, 1.165) is 5.56 Å². The van der Waals surface area contributed by atoms with Crippen molar-refractivity contribution in [1.29, 1.82) is 0 Å². The molecule has 2 aromatic rings. The van der Waals surface area contributed by atoms with Gasteiger partial charge in [0, 0.05) is 18.4 Å². The first-order valence-electron chi connectivity index (χ1n) is 6.25. The van der Waals surface area contributed by atoms with E-state index >= 15 is 0 Å². The molecule has 1 amide bonds. The van der Waals surface area contributed by atoms with Gasteiger partial charge >= 0.3 is 0 Å². The van der Waals surface area contributed by atoms with Gasteiger partial charge in [-0.25, -0.2) is 0 Å². The summed E-state index contributed by atoms with van der Waals surface area (Å²) in [6, 6.07) is 8.92. The third-order valence-electron chi connectivity index (χ3n) is 3.00. The molecule has 0 aliphatic carbocycles. The van der Waals surface area contributed by atoms with Crippen molar-refractivity contribution < 1.29 is 9.53 Å². The third kappa shape index (κ3) is 2.95. The molecule has 104 valence electrons. The molecule has 0 atom stereocenters. The SMILES string of the molecule is COc1cc(CN)ccc1NC(=O)c1cccnc1C. The standard InChI is InChI=1S/C15H17N3O2/c1-10-12(4-3-7-17-10)15(19)18-13-6-5-11(9-16)8-14(13)20-2/h3-8H,9,16H2,1-2H3,(H,18,19). The van der Waals surface area contributed by atoms with Crippen LogP contribution in [0.5, 0.6) is 5.75 Å². The fourth-order valence-electron chi connectivity index (χ4n) is 1.88. The Balaban J connectivity index is 2.26. The van der Waals surface area contributed by atoms with Gasteiger partial charge in [0.15, 0.2) is 0 Å². The van der Waals surface area contributed by atoms with E-state index in [0.29, 0.717) is 29.2 Å². The third-order valence-corrected chi connectivity index (χ3v) is 3.00. The van der Waals surface area contributed by atoms with Gasteiger partial charge in [-0.1, -0.05) is 6.07 Å². The predicted octanol–water partition coefficient (Wildman–Crippen LogP) is 2.11. The number of nitrogens with zero attached hydrogens (tertiary/aromatic N) is 1. The molecule has 1 heterocycles. The molecule has 1 aromatic carbocycles. The van der Waals surface area contributed by atoms with Crippen LogP contribution in [0.1, 0.15) is 21.6 Å². The van der Waals surface area contributed by atoms with Gasteiger partial charge in [0.1, 0.15) is 5.75 Å². The zero-order valence-electron chi connectivity index (χ0n) is 11.5. The Morgan fingerprint density at radius 1 is 1.40 bits per heavy atom. The summed E-state index contributed by atoms with van der Waals surface area (Å²) < 4.78 is 5.27.